The first-order valence-electron chi connectivity index (χ1n) is 9.48. The highest BCUT2D eigenvalue weighted by molar-refractivity contribution is 5.76. The van der Waals surface area contributed by atoms with E-state index in [1.807, 2.05) is 12.1 Å². The van der Waals surface area contributed by atoms with Gasteiger partial charge in [-0.15, -0.1) is 0 Å². The zero-order chi connectivity index (χ0) is 19.6. The van der Waals surface area contributed by atoms with Crippen LogP contribution in [0.1, 0.15) is 43.7 Å². The number of amides is 1. The number of nitrogens with two attached hydrogens (primary N) is 1. The van der Waals surface area contributed by atoms with Crippen LogP contribution in [-0.4, -0.2) is 55.9 Å². The highest BCUT2D eigenvalue weighted by Gasteiger charge is 2.49. The Labute approximate surface area is 160 Å². The number of primary amides is 1. The molecule has 1 saturated carbocycles. The van der Waals surface area contributed by atoms with Crippen LogP contribution in [0.5, 0.6) is 17.2 Å². The number of likely N-dealkylation sites (tertiary alicyclic amines) is 1. The normalized spacial score (nSPS) is 28.3. The van der Waals surface area contributed by atoms with Crippen molar-refractivity contribution in [2.24, 2.45) is 11.7 Å². The van der Waals surface area contributed by atoms with Gasteiger partial charge < -0.3 is 25.1 Å². The molecule has 7 heteroatoms. The third-order valence-electron chi connectivity index (χ3n) is 6.06. The Morgan fingerprint density at radius 3 is 2.41 bits per heavy atom. The van der Waals surface area contributed by atoms with Crippen molar-refractivity contribution in [3.63, 3.8) is 0 Å². The van der Waals surface area contributed by atoms with Crippen LogP contribution in [0.25, 0.3) is 0 Å². The number of hydrogen-bond donors (Lipinski definition) is 2. The molecule has 0 unspecified atom stereocenters. The molecule has 27 heavy (non-hydrogen) atoms. The number of ether oxygens (including phenoxy) is 3. The SMILES string of the molecule is COc1cc([C@H]2[C@H]3CCCC[C@]3(O)CCN2CC(N)=O)cc(OC)c1OC. The molecule has 0 aromatic heterocycles. The van der Waals surface area contributed by atoms with Crippen molar-refractivity contribution in [1.29, 1.82) is 0 Å². The lowest BCUT2D eigenvalue weighted by Crippen LogP contribution is -2.56. The quantitative estimate of drug-likeness (QED) is 0.785. The van der Waals surface area contributed by atoms with Gasteiger partial charge in [0.2, 0.25) is 11.7 Å². The molecule has 150 valence electrons. The van der Waals surface area contributed by atoms with Gasteiger partial charge in [-0.1, -0.05) is 12.8 Å². The molecule has 3 N–H and O–H groups in total. The molecular formula is C20H30N2O5. The van der Waals surface area contributed by atoms with Crippen LogP contribution in [0.2, 0.25) is 0 Å². The average Bonchev–Trinajstić information content (AvgIpc) is 2.66. The van der Waals surface area contributed by atoms with Gasteiger partial charge in [-0.2, -0.15) is 0 Å². The van der Waals surface area contributed by atoms with Crippen LogP contribution < -0.4 is 19.9 Å². The van der Waals surface area contributed by atoms with E-state index in [0.717, 1.165) is 31.2 Å². The summed E-state index contributed by atoms with van der Waals surface area (Å²) in [6, 6.07) is 3.70. The molecule has 3 rings (SSSR count). The number of piperidine rings is 1. The lowest BCUT2D eigenvalue weighted by atomic mass is 9.66. The number of rotatable bonds is 6. The predicted octanol–water partition coefficient (Wildman–Crippen LogP) is 1.87. The van der Waals surface area contributed by atoms with Crippen molar-refractivity contribution in [3.05, 3.63) is 17.7 Å². The van der Waals surface area contributed by atoms with Gasteiger partial charge in [-0.25, -0.2) is 0 Å². The van der Waals surface area contributed by atoms with E-state index in [9.17, 15) is 9.90 Å². The van der Waals surface area contributed by atoms with Gasteiger partial charge in [0.25, 0.3) is 0 Å². The maximum absolute atomic E-state index is 11.7. The van der Waals surface area contributed by atoms with Crippen molar-refractivity contribution in [1.82, 2.24) is 4.90 Å². The number of methoxy groups -OCH3 is 3. The molecule has 0 bridgehead atoms. The monoisotopic (exact) mass is 378 g/mol. The Bertz CT molecular complexity index is 670. The summed E-state index contributed by atoms with van der Waals surface area (Å²) in [7, 11) is 4.74. The van der Waals surface area contributed by atoms with Gasteiger partial charge >= 0.3 is 0 Å². The topological polar surface area (TPSA) is 94.2 Å². The highest BCUT2D eigenvalue weighted by atomic mass is 16.5. The van der Waals surface area contributed by atoms with Crippen molar-refractivity contribution < 1.29 is 24.1 Å². The molecule has 0 spiro atoms. The molecule has 1 aromatic rings. The summed E-state index contributed by atoms with van der Waals surface area (Å²) in [5, 5.41) is 11.3. The minimum Gasteiger partial charge on any atom is -0.493 e. The minimum atomic E-state index is -0.711. The second kappa shape index (κ2) is 7.94. The fraction of sp³-hybridized carbons (Fsp3) is 0.650. The summed E-state index contributed by atoms with van der Waals surface area (Å²) >= 11 is 0. The van der Waals surface area contributed by atoms with Gasteiger partial charge in [-0.05, 0) is 37.0 Å². The second-order valence-electron chi connectivity index (χ2n) is 7.55. The first kappa shape index (κ1) is 19.8. The molecule has 1 aliphatic carbocycles. The summed E-state index contributed by atoms with van der Waals surface area (Å²) < 4.78 is 16.5. The van der Waals surface area contributed by atoms with Crippen LogP contribution in [0, 0.1) is 5.92 Å². The molecule has 1 aliphatic heterocycles. The van der Waals surface area contributed by atoms with E-state index >= 15 is 0 Å². The van der Waals surface area contributed by atoms with Crippen LogP contribution in [0.4, 0.5) is 0 Å². The number of aliphatic hydroxyl groups is 1. The van der Waals surface area contributed by atoms with Crippen molar-refractivity contribution >= 4 is 5.91 Å². The molecule has 0 radical (unpaired) electrons. The molecular weight excluding hydrogens is 348 g/mol. The summed E-state index contributed by atoms with van der Waals surface area (Å²) in [6.45, 7) is 0.783. The molecule has 1 saturated heterocycles. The number of nitrogens with zero attached hydrogens (tertiary/aromatic N) is 1. The number of carbonyl (C=O) groups excluding carboxylic acids is 1. The molecule has 1 amide bonds. The van der Waals surface area contributed by atoms with Gasteiger partial charge in [0.05, 0.1) is 33.5 Å². The number of hydrogen-bond acceptors (Lipinski definition) is 6. The van der Waals surface area contributed by atoms with E-state index in [1.54, 1.807) is 21.3 Å². The maximum atomic E-state index is 11.7. The number of carbonyl (C=O) groups is 1. The van der Waals surface area contributed by atoms with Crippen molar-refractivity contribution in [3.8, 4) is 17.2 Å². The lowest BCUT2D eigenvalue weighted by molar-refractivity contribution is -0.136. The van der Waals surface area contributed by atoms with Gasteiger partial charge in [0.1, 0.15) is 0 Å². The smallest absolute Gasteiger partial charge is 0.231 e. The molecule has 7 nitrogen and oxygen atoms in total. The van der Waals surface area contributed by atoms with E-state index in [1.165, 1.54) is 0 Å². The summed E-state index contributed by atoms with van der Waals surface area (Å²) in [4.78, 5) is 13.8. The predicted molar refractivity (Wildman–Crippen MR) is 101 cm³/mol. The number of fused-ring (bicyclic) bond motifs is 1. The van der Waals surface area contributed by atoms with E-state index < -0.39 is 5.60 Å². The minimum absolute atomic E-state index is 0.0298. The maximum Gasteiger partial charge on any atom is 0.231 e. The summed E-state index contributed by atoms with van der Waals surface area (Å²) in [5.74, 6) is 1.32. The fourth-order valence-electron chi connectivity index (χ4n) is 4.84. The third-order valence-corrected chi connectivity index (χ3v) is 6.06. The Kier molecular flexibility index (Phi) is 5.81. The molecule has 3 atom stereocenters. The summed E-state index contributed by atoms with van der Waals surface area (Å²) in [5.41, 5.74) is 5.74. The van der Waals surface area contributed by atoms with Crippen molar-refractivity contribution in [2.45, 2.75) is 43.7 Å². The largest absolute Gasteiger partial charge is 0.493 e. The third kappa shape index (κ3) is 3.71. The Morgan fingerprint density at radius 1 is 1.19 bits per heavy atom. The van der Waals surface area contributed by atoms with Crippen LogP contribution >= 0.6 is 0 Å². The Hall–Kier alpha value is -1.99. The van der Waals surface area contributed by atoms with Crippen molar-refractivity contribution in [2.75, 3.05) is 34.4 Å². The lowest BCUT2D eigenvalue weighted by Gasteiger charge is -2.52. The average molecular weight is 378 g/mol. The van der Waals surface area contributed by atoms with Crippen LogP contribution in [0.15, 0.2) is 12.1 Å². The standard InChI is InChI=1S/C20H30N2O5/c1-25-15-10-13(11-16(26-2)19(15)27-3)18-14-6-4-5-7-20(14,24)8-9-22(18)12-17(21)23/h10-11,14,18,24H,4-9,12H2,1-3H3,(H2,21,23)/t14-,18+,20+/m1/s1. The van der Waals surface area contributed by atoms with Gasteiger partial charge in [0.15, 0.2) is 11.5 Å². The van der Waals surface area contributed by atoms with Gasteiger partial charge in [0, 0.05) is 18.5 Å². The van der Waals surface area contributed by atoms with Crippen LogP contribution in [0.3, 0.4) is 0 Å². The Balaban J connectivity index is 2.09. The first-order valence-corrected chi connectivity index (χ1v) is 9.48. The van der Waals surface area contributed by atoms with E-state index in [2.05, 4.69) is 4.90 Å². The van der Waals surface area contributed by atoms with E-state index in [4.69, 9.17) is 19.9 Å². The highest BCUT2D eigenvalue weighted by Crippen LogP contribution is 2.51. The molecule has 2 aliphatic rings. The summed E-state index contributed by atoms with van der Waals surface area (Å²) in [6.07, 6.45) is 4.46. The molecule has 1 heterocycles. The molecule has 1 aromatic carbocycles. The van der Waals surface area contributed by atoms with E-state index in [0.29, 0.717) is 30.2 Å². The van der Waals surface area contributed by atoms with Crippen LogP contribution in [-0.2, 0) is 4.79 Å². The van der Waals surface area contributed by atoms with Gasteiger partial charge in [-0.3, -0.25) is 9.69 Å². The zero-order valence-electron chi connectivity index (χ0n) is 16.4. The fourth-order valence-corrected chi connectivity index (χ4v) is 4.84. The second-order valence-corrected chi connectivity index (χ2v) is 7.55. The first-order chi connectivity index (χ1) is 12.9. The Morgan fingerprint density at radius 2 is 1.85 bits per heavy atom. The number of benzene rings is 1. The molecule has 2 fully saturated rings. The van der Waals surface area contributed by atoms with E-state index in [-0.39, 0.29) is 24.4 Å². The zero-order valence-corrected chi connectivity index (χ0v) is 16.4.